The summed E-state index contributed by atoms with van der Waals surface area (Å²) in [5.41, 5.74) is 5.02. The quantitative estimate of drug-likeness (QED) is 0.748. The Morgan fingerprint density at radius 1 is 1.23 bits per heavy atom. The molecule has 1 N–H and O–H groups in total. The van der Waals surface area contributed by atoms with Crippen LogP contribution in [-0.4, -0.2) is 29.2 Å². The first-order chi connectivity index (χ1) is 15.0. The van der Waals surface area contributed by atoms with E-state index in [-0.39, 0.29) is 17.6 Å². The van der Waals surface area contributed by atoms with Gasteiger partial charge in [-0.05, 0) is 48.4 Å². The predicted octanol–water partition coefficient (Wildman–Crippen LogP) is 3.47. The van der Waals surface area contributed by atoms with Crippen LogP contribution in [0.5, 0.6) is 0 Å². The highest BCUT2D eigenvalue weighted by atomic mass is 35.5. The van der Waals surface area contributed by atoms with Gasteiger partial charge < -0.3 is 19.5 Å². The molecule has 3 heterocycles. The van der Waals surface area contributed by atoms with Gasteiger partial charge in [0, 0.05) is 42.1 Å². The van der Waals surface area contributed by atoms with E-state index in [1.54, 1.807) is 24.7 Å². The molecule has 0 radical (unpaired) electrons. The first kappa shape index (κ1) is 19.7. The minimum atomic E-state index is -0.554. The Kier molecular flexibility index (Phi) is 4.74. The Morgan fingerprint density at radius 3 is 2.74 bits per heavy atom. The minimum absolute atomic E-state index is 0.105. The third kappa shape index (κ3) is 3.18. The van der Waals surface area contributed by atoms with Gasteiger partial charge in [-0.1, -0.05) is 23.8 Å². The molecule has 31 heavy (non-hydrogen) atoms. The van der Waals surface area contributed by atoms with Crippen LogP contribution in [0.4, 0.5) is 5.69 Å². The molecule has 0 bridgehead atoms. The molecule has 7 heteroatoms. The number of aryl methyl sites for hydroxylation is 1. The van der Waals surface area contributed by atoms with Crippen LogP contribution in [0.15, 0.2) is 64.7 Å². The van der Waals surface area contributed by atoms with Crippen molar-refractivity contribution < 1.29 is 9.53 Å². The number of benzene rings is 1. The maximum absolute atomic E-state index is 13.1. The zero-order valence-electron chi connectivity index (χ0n) is 17.3. The number of esters is 1. The first-order valence-corrected chi connectivity index (χ1v) is 10.7. The number of nitrogens with zero attached hydrogens (tertiary/aromatic N) is 2. The Hall–Kier alpha value is -3.25. The number of ether oxygens (including phenoxy) is 1. The fourth-order valence-corrected chi connectivity index (χ4v) is 4.66. The number of carbonyl (C=O) groups is 1. The van der Waals surface area contributed by atoms with Crippen molar-refractivity contribution in [3.8, 4) is 0 Å². The van der Waals surface area contributed by atoms with Crippen molar-refractivity contribution in [1.29, 1.82) is 0 Å². The second kappa shape index (κ2) is 7.46. The van der Waals surface area contributed by atoms with Crippen LogP contribution < -0.4 is 15.8 Å². The maximum atomic E-state index is 13.1. The van der Waals surface area contributed by atoms with E-state index in [4.69, 9.17) is 16.3 Å². The van der Waals surface area contributed by atoms with Crippen LogP contribution in [0.25, 0.3) is 11.8 Å². The van der Waals surface area contributed by atoms with Gasteiger partial charge in [-0.25, -0.2) is 4.79 Å². The summed E-state index contributed by atoms with van der Waals surface area (Å²) in [6.45, 7) is 2.10. The number of halogens is 1. The van der Waals surface area contributed by atoms with Crippen LogP contribution >= 0.6 is 11.6 Å². The summed E-state index contributed by atoms with van der Waals surface area (Å²) in [5, 5.41) is 4.01. The molecular formula is C24H22ClN3O3. The van der Waals surface area contributed by atoms with E-state index < -0.39 is 6.04 Å². The number of anilines is 1. The van der Waals surface area contributed by atoms with Gasteiger partial charge in [0.1, 0.15) is 6.04 Å². The molecule has 1 aromatic heterocycles. The molecule has 158 valence electrons. The van der Waals surface area contributed by atoms with Gasteiger partial charge in [-0.15, -0.1) is 0 Å². The SMILES string of the molecule is CCOC(=O)C1CC2C3=C(N1)c1c(ccn(C)c1=O)C=CC3=CN2c1ccc(Cl)cc1. The monoisotopic (exact) mass is 435 g/mol. The topological polar surface area (TPSA) is 63.6 Å². The highest BCUT2D eigenvalue weighted by Crippen LogP contribution is 2.43. The summed E-state index contributed by atoms with van der Waals surface area (Å²) < 4.78 is 6.88. The number of aromatic nitrogens is 1. The number of hydrogen-bond acceptors (Lipinski definition) is 5. The van der Waals surface area contributed by atoms with Gasteiger partial charge in [-0.3, -0.25) is 4.79 Å². The maximum Gasteiger partial charge on any atom is 0.328 e. The van der Waals surface area contributed by atoms with Crippen molar-refractivity contribution in [2.45, 2.75) is 25.4 Å². The Morgan fingerprint density at radius 2 is 2.00 bits per heavy atom. The fraction of sp³-hybridized carbons (Fsp3) is 0.250. The average Bonchev–Trinajstić information content (AvgIpc) is 3.05. The van der Waals surface area contributed by atoms with E-state index in [2.05, 4.69) is 16.4 Å². The van der Waals surface area contributed by atoms with E-state index in [0.717, 1.165) is 22.4 Å². The molecular weight excluding hydrogens is 414 g/mol. The summed E-state index contributed by atoms with van der Waals surface area (Å²) in [6.07, 6.45) is 8.36. The molecule has 2 unspecified atom stereocenters. The summed E-state index contributed by atoms with van der Waals surface area (Å²) in [6, 6.07) is 8.88. The lowest BCUT2D eigenvalue weighted by Crippen LogP contribution is -2.48. The molecule has 3 aliphatic rings. The van der Waals surface area contributed by atoms with Gasteiger partial charge in [0.15, 0.2) is 0 Å². The number of hydrogen-bond donors (Lipinski definition) is 1. The van der Waals surface area contributed by atoms with Crippen molar-refractivity contribution >= 4 is 35.0 Å². The first-order valence-electron chi connectivity index (χ1n) is 10.3. The minimum Gasteiger partial charge on any atom is -0.464 e. The summed E-state index contributed by atoms with van der Waals surface area (Å²) in [4.78, 5) is 28.0. The molecule has 5 rings (SSSR count). The third-order valence-corrected chi connectivity index (χ3v) is 6.25. The van der Waals surface area contributed by atoms with Crippen LogP contribution in [0.3, 0.4) is 0 Å². The Bertz CT molecular complexity index is 1220. The predicted molar refractivity (Wildman–Crippen MR) is 122 cm³/mol. The molecule has 0 saturated heterocycles. The lowest BCUT2D eigenvalue weighted by atomic mass is 9.88. The second-order valence-electron chi connectivity index (χ2n) is 7.85. The van der Waals surface area contributed by atoms with Crippen LogP contribution in [0, 0.1) is 0 Å². The largest absolute Gasteiger partial charge is 0.464 e. The molecule has 1 aromatic carbocycles. The summed E-state index contributed by atoms with van der Waals surface area (Å²) in [7, 11) is 1.73. The van der Waals surface area contributed by atoms with Gasteiger partial charge in [-0.2, -0.15) is 0 Å². The molecule has 0 amide bonds. The van der Waals surface area contributed by atoms with E-state index in [9.17, 15) is 9.59 Å². The Balaban J connectivity index is 1.70. The number of allylic oxidation sites excluding steroid dienone is 1. The van der Waals surface area contributed by atoms with Gasteiger partial charge in [0.05, 0.1) is 23.9 Å². The van der Waals surface area contributed by atoms with Crippen LogP contribution in [0.1, 0.15) is 24.5 Å². The number of nitrogens with one attached hydrogen (secondary N) is 1. The van der Waals surface area contributed by atoms with Crippen molar-refractivity contribution in [1.82, 2.24) is 9.88 Å². The van der Waals surface area contributed by atoms with Crippen molar-refractivity contribution in [3.05, 3.63) is 86.5 Å². The summed E-state index contributed by atoms with van der Waals surface area (Å²) >= 11 is 6.09. The molecule has 2 atom stereocenters. The molecule has 2 aliphatic heterocycles. The van der Waals surface area contributed by atoms with Gasteiger partial charge >= 0.3 is 5.97 Å². The number of rotatable bonds is 3. The number of fused-ring (bicyclic) bond motifs is 2. The molecule has 6 nitrogen and oxygen atoms in total. The standard InChI is InChI=1S/C24H22ClN3O3/c1-3-31-24(30)18-12-19-20-15(13-28(19)17-8-6-16(25)7-9-17)5-4-14-10-11-27(2)23(29)21(14)22(20)26-18/h4-11,13,18-19,26H,3,12H2,1-2H3. The van der Waals surface area contributed by atoms with Crippen LogP contribution in [-0.2, 0) is 16.6 Å². The third-order valence-electron chi connectivity index (χ3n) is 5.99. The number of carbonyl (C=O) groups excluding carboxylic acids is 1. The van der Waals surface area contributed by atoms with Gasteiger partial charge in [0.25, 0.3) is 5.56 Å². The van der Waals surface area contributed by atoms with Crippen molar-refractivity contribution in [3.63, 3.8) is 0 Å². The lowest BCUT2D eigenvalue weighted by Gasteiger charge is -2.36. The zero-order valence-corrected chi connectivity index (χ0v) is 18.0. The average molecular weight is 436 g/mol. The molecule has 0 spiro atoms. The zero-order chi connectivity index (χ0) is 21.7. The molecule has 0 fully saturated rings. The van der Waals surface area contributed by atoms with Crippen molar-refractivity contribution in [2.75, 3.05) is 11.5 Å². The van der Waals surface area contributed by atoms with E-state index in [1.807, 2.05) is 42.5 Å². The highest BCUT2D eigenvalue weighted by Gasteiger charge is 2.42. The second-order valence-corrected chi connectivity index (χ2v) is 8.29. The normalized spacial score (nSPS) is 21.1. The number of pyridine rings is 1. The molecule has 2 aromatic rings. The van der Waals surface area contributed by atoms with Gasteiger partial charge in [0.2, 0.25) is 0 Å². The van der Waals surface area contributed by atoms with E-state index in [0.29, 0.717) is 29.3 Å². The van der Waals surface area contributed by atoms with Crippen molar-refractivity contribution in [2.24, 2.45) is 7.05 Å². The van der Waals surface area contributed by atoms with E-state index >= 15 is 0 Å². The molecule has 0 saturated carbocycles. The smallest absolute Gasteiger partial charge is 0.328 e. The van der Waals surface area contributed by atoms with Crippen LogP contribution in [0.2, 0.25) is 5.02 Å². The highest BCUT2D eigenvalue weighted by molar-refractivity contribution is 6.30. The fourth-order valence-electron chi connectivity index (χ4n) is 4.54. The summed E-state index contributed by atoms with van der Waals surface area (Å²) in [5.74, 6) is -0.315. The van der Waals surface area contributed by atoms with E-state index in [1.165, 1.54) is 0 Å². The Labute approximate surface area is 185 Å². The lowest BCUT2D eigenvalue weighted by molar-refractivity contribution is -0.145. The molecule has 1 aliphatic carbocycles.